The van der Waals surface area contributed by atoms with Crippen molar-refractivity contribution in [2.45, 2.75) is 64.0 Å². The molecule has 0 saturated carbocycles. The summed E-state index contributed by atoms with van der Waals surface area (Å²) in [4.78, 5) is 11.8. The van der Waals surface area contributed by atoms with Crippen LogP contribution >= 0.6 is 0 Å². The highest BCUT2D eigenvalue weighted by Gasteiger charge is 2.41. The Kier molecular flexibility index (Phi) is 5.69. The van der Waals surface area contributed by atoms with Gasteiger partial charge in [-0.1, -0.05) is 30.3 Å². The molecule has 0 aliphatic carbocycles. The molecule has 1 aromatic carbocycles. The zero-order valence-electron chi connectivity index (χ0n) is 14.8. The lowest BCUT2D eigenvalue weighted by atomic mass is 9.67. The number of carbonyl (C=O) groups excluding carboxylic acids is 1. The third-order valence-electron chi connectivity index (χ3n) is 4.53. The van der Waals surface area contributed by atoms with Gasteiger partial charge in [-0.3, -0.25) is 0 Å². The topological polar surface area (TPSA) is 50.4 Å². The Morgan fingerprint density at radius 1 is 1.26 bits per heavy atom. The molecule has 1 aliphatic rings. The smallest absolute Gasteiger partial charge is 0.314 e. The Morgan fingerprint density at radius 3 is 2.57 bits per heavy atom. The fourth-order valence-corrected chi connectivity index (χ4v) is 3.60. The molecule has 0 aromatic heterocycles. The number of benzene rings is 1. The van der Waals surface area contributed by atoms with E-state index < -0.39 is 0 Å². The molecule has 1 fully saturated rings. The van der Waals surface area contributed by atoms with E-state index in [1.165, 1.54) is 5.56 Å². The van der Waals surface area contributed by atoms with Crippen LogP contribution in [0.1, 0.15) is 52.5 Å². The summed E-state index contributed by atoms with van der Waals surface area (Å²) < 4.78 is 5.92. The number of urea groups is 1. The predicted molar refractivity (Wildman–Crippen MR) is 93.7 cm³/mol. The van der Waals surface area contributed by atoms with Gasteiger partial charge >= 0.3 is 6.03 Å². The third kappa shape index (κ3) is 4.96. The van der Waals surface area contributed by atoms with Crippen LogP contribution in [0.25, 0.3) is 0 Å². The van der Waals surface area contributed by atoms with E-state index in [0.717, 1.165) is 25.9 Å². The standard InChI is InChI=1S/C19H30N2O2/c1-15(2)21-17(22)20-12-10-19(16-8-6-5-7-9-16)11-13-23-18(3,4)14-19/h5-9,15H,10-14H2,1-4H3,(H2,20,21,22)/t19-/m0/s1. The van der Waals surface area contributed by atoms with E-state index in [0.29, 0.717) is 6.54 Å². The lowest BCUT2D eigenvalue weighted by Crippen LogP contribution is -2.47. The van der Waals surface area contributed by atoms with Crippen molar-refractivity contribution in [1.29, 1.82) is 0 Å². The number of rotatable bonds is 5. The maximum atomic E-state index is 11.8. The molecule has 128 valence electrons. The largest absolute Gasteiger partial charge is 0.376 e. The highest BCUT2D eigenvalue weighted by atomic mass is 16.5. The maximum absolute atomic E-state index is 11.8. The van der Waals surface area contributed by atoms with Crippen molar-refractivity contribution >= 4 is 6.03 Å². The minimum absolute atomic E-state index is 0.0636. The minimum atomic E-state index is -0.131. The van der Waals surface area contributed by atoms with Crippen molar-refractivity contribution < 1.29 is 9.53 Å². The molecule has 23 heavy (non-hydrogen) atoms. The monoisotopic (exact) mass is 318 g/mol. The minimum Gasteiger partial charge on any atom is -0.376 e. The van der Waals surface area contributed by atoms with Crippen molar-refractivity contribution in [3.8, 4) is 0 Å². The van der Waals surface area contributed by atoms with Gasteiger partial charge in [-0.05, 0) is 52.5 Å². The van der Waals surface area contributed by atoms with Crippen LogP contribution in [0.15, 0.2) is 30.3 Å². The lowest BCUT2D eigenvalue weighted by molar-refractivity contribution is -0.0838. The Bertz CT molecular complexity index is 513. The molecule has 1 atom stereocenters. The Labute approximate surface area is 140 Å². The number of hydrogen-bond acceptors (Lipinski definition) is 2. The summed E-state index contributed by atoms with van der Waals surface area (Å²) in [6.45, 7) is 9.67. The average molecular weight is 318 g/mol. The molecule has 2 amide bonds. The Balaban J connectivity index is 2.08. The highest BCUT2D eigenvalue weighted by Crippen LogP contribution is 2.43. The number of nitrogens with one attached hydrogen (secondary N) is 2. The molecule has 1 heterocycles. The summed E-state index contributed by atoms with van der Waals surface area (Å²) >= 11 is 0. The van der Waals surface area contributed by atoms with Crippen LogP contribution < -0.4 is 10.6 Å². The Hall–Kier alpha value is -1.55. The van der Waals surface area contributed by atoms with E-state index in [1.54, 1.807) is 0 Å². The number of hydrogen-bond donors (Lipinski definition) is 2. The summed E-state index contributed by atoms with van der Waals surface area (Å²) in [5.41, 5.74) is 1.28. The summed E-state index contributed by atoms with van der Waals surface area (Å²) in [6, 6.07) is 10.7. The molecule has 0 radical (unpaired) electrons. The van der Waals surface area contributed by atoms with Crippen molar-refractivity contribution in [3.63, 3.8) is 0 Å². The van der Waals surface area contributed by atoms with E-state index in [4.69, 9.17) is 4.74 Å². The van der Waals surface area contributed by atoms with Crippen molar-refractivity contribution in [3.05, 3.63) is 35.9 Å². The van der Waals surface area contributed by atoms with Gasteiger partial charge in [0.1, 0.15) is 0 Å². The number of amides is 2. The normalized spacial score (nSPS) is 23.5. The maximum Gasteiger partial charge on any atom is 0.314 e. The van der Waals surface area contributed by atoms with E-state index >= 15 is 0 Å². The summed E-state index contributed by atoms with van der Waals surface area (Å²) in [7, 11) is 0. The molecule has 1 aliphatic heterocycles. The number of carbonyl (C=O) groups is 1. The van der Waals surface area contributed by atoms with Crippen LogP contribution in [-0.2, 0) is 10.2 Å². The van der Waals surface area contributed by atoms with E-state index in [-0.39, 0.29) is 23.1 Å². The molecule has 1 saturated heterocycles. The van der Waals surface area contributed by atoms with Crippen LogP contribution in [-0.4, -0.2) is 30.8 Å². The van der Waals surface area contributed by atoms with E-state index in [2.05, 4.69) is 54.8 Å². The second kappa shape index (κ2) is 7.35. The summed E-state index contributed by atoms with van der Waals surface area (Å²) in [5.74, 6) is 0. The van der Waals surface area contributed by atoms with Gasteiger partial charge in [-0.15, -0.1) is 0 Å². The fourth-order valence-electron chi connectivity index (χ4n) is 3.60. The van der Waals surface area contributed by atoms with Gasteiger partial charge in [-0.2, -0.15) is 0 Å². The van der Waals surface area contributed by atoms with E-state index in [1.807, 2.05) is 13.8 Å². The number of ether oxygens (including phenoxy) is 1. The molecule has 1 aromatic rings. The quantitative estimate of drug-likeness (QED) is 0.871. The average Bonchev–Trinajstić information content (AvgIpc) is 2.46. The SMILES string of the molecule is CC(C)NC(=O)NCC[C@]1(c2ccccc2)CCOC(C)(C)C1. The van der Waals surface area contributed by atoms with Gasteiger partial charge in [0.15, 0.2) is 0 Å². The first kappa shape index (κ1) is 17.8. The molecule has 4 nitrogen and oxygen atoms in total. The van der Waals surface area contributed by atoms with Gasteiger partial charge in [0, 0.05) is 24.6 Å². The molecule has 2 N–H and O–H groups in total. The van der Waals surface area contributed by atoms with Gasteiger partial charge in [0.2, 0.25) is 0 Å². The Morgan fingerprint density at radius 2 is 1.96 bits per heavy atom. The van der Waals surface area contributed by atoms with Crippen LogP contribution in [0, 0.1) is 0 Å². The van der Waals surface area contributed by atoms with Crippen LogP contribution in [0.4, 0.5) is 4.79 Å². The third-order valence-corrected chi connectivity index (χ3v) is 4.53. The predicted octanol–water partition coefficient (Wildman–Crippen LogP) is 3.61. The second-order valence-electron chi connectivity index (χ2n) is 7.49. The highest BCUT2D eigenvalue weighted by molar-refractivity contribution is 5.74. The van der Waals surface area contributed by atoms with Gasteiger partial charge in [-0.25, -0.2) is 4.79 Å². The van der Waals surface area contributed by atoms with Gasteiger partial charge in [0.05, 0.1) is 5.60 Å². The van der Waals surface area contributed by atoms with Gasteiger partial charge < -0.3 is 15.4 Å². The molecule has 0 bridgehead atoms. The van der Waals surface area contributed by atoms with Gasteiger partial charge in [0.25, 0.3) is 0 Å². The molecular weight excluding hydrogens is 288 g/mol. The van der Waals surface area contributed by atoms with Crippen LogP contribution in [0.5, 0.6) is 0 Å². The first-order valence-corrected chi connectivity index (χ1v) is 8.57. The summed E-state index contributed by atoms with van der Waals surface area (Å²) in [5, 5.41) is 5.87. The van der Waals surface area contributed by atoms with Crippen LogP contribution in [0.2, 0.25) is 0 Å². The molecule has 0 spiro atoms. The summed E-state index contributed by atoms with van der Waals surface area (Å²) in [6.07, 6.45) is 2.89. The van der Waals surface area contributed by atoms with Crippen LogP contribution in [0.3, 0.4) is 0 Å². The van der Waals surface area contributed by atoms with Crippen molar-refractivity contribution in [2.75, 3.05) is 13.2 Å². The molecule has 2 rings (SSSR count). The fraction of sp³-hybridized carbons (Fsp3) is 0.632. The first-order chi connectivity index (χ1) is 10.8. The zero-order valence-corrected chi connectivity index (χ0v) is 14.8. The molecule has 4 heteroatoms. The van der Waals surface area contributed by atoms with Crippen molar-refractivity contribution in [1.82, 2.24) is 10.6 Å². The first-order valence-electron chi connectivity index (χ1n) is 8.57. The zero-order chi connectivity index (χ0) is 16.9. The molecule has 0 unspecified atom stereocenters. The lowest BCUT2D eigenvalue weighted by Gasteiger charge is -2.45. The molecular formula is C19H30N2O2. The second-order valence-corrected chi connectivity index (χ2v) is 7.49. The van der Waals surface area contributed by atoms with Crippen molar-refractivity contribution in [2.24, 2.45) is 0 Å². The van der Waals surface area contributed by atoms with E-state index in [9.17, 15) is 4.79 Å².